The number of methoxy groups -OCH3 is 1. The van der Waals surface area contributed by atoms with Crippen LogP contribution in [0.25, 0.3) is 0 Å². The molecule has 0 aliphatic rings. The molecule has 9 heteroatoms. The van der Waals surface area contributed by atoms with E-state index in [1.807, 2.05) is 44.2 Å². The fourth-order valence-corrected chi connectivity index (χ4v) is 5.15. The summed E-state index contributed by atoms with van der Waals surface area (Å²) < 4.78 is 28.9. The molecule has 0 radical (unpaired) electrons. The van der Waals surface area contributed by atoms with Crippen LogP contribution in [0.1, 0.15) is 27.8 Å². The molecule has 4 N–H and O–H groups in total. The van der Waals surface area contributed by atoms with Gasteiger partial charge in [-0.05, 0) is 54.3 Å². The Hall–Kier alpha value is -3.53. The predicted octanol–water partition coefficient (Wildman–Crippen LogP) is 6.12. The van der Waals surface area contributed by atoms with E-state index < -0.39 is 22.8 Å². The highest BCUT2D eigenvalue weighted by molar-refractivity contribution is 8.23. The number of aryl methyl sites for hydroxylation is 1. The zero-order chi connectivity index (χ0) is 27.0. The molecule has 8 nitrogen and oxygen atoms in total. The van der Waals surface area contributed by atoms with Gasteiger partial charge in [0, 0.05) is 21.5 Å². The lowest BCUT2D eigenvalue weighted by molar-refractivity contribution is -0.120. The molecular formula is C28H39N3O5S. The molecule has 0 unspecified atom stereocenters. The third-order valence-electron chi connectivity index (χ3n) is 5.72. The van der Waals surface area contributed by atoms with Gasteiger partial charge in [0.15, 0.2) is 0 Å². The van der Waals surface area contributed by atoms with Crippen LogP contribution in [0.3, 0.4) is 0 Å². The maximum Gasteiger partial charge on any atom is 0.334 e. The van der Waals surface area contributed by atoms with Crippen LogP contribution < -0.4 is 19.7 Å². The number of carbonyl (C=O) groups excluding carboxylic acids is 2. The van der Waals surface area contributed by atoms with Gasteiger partial charge in [-0.3, -0.25) is 13.9 Å². The van der Waals surface area contributed by atoms with Crippen LogP contribution in [-0.4, -0.2) is 40.7 Å². The summed E-state index contributed by atoms with van der Waals surface area (Å²) in [5.74, 6) is 0.510. The van der Waals surface area contributed by atoms with Gasteiger partial charge < -0.3 is 15.0 Å². The lowest BCUT2D eigenvalue weighted by Crippen LogP contribution is -2.53. The predicted molar refractivity (Wildman–Crippen MR) is 152 cm³/mol. The minimum absolute atomic E-state index is 0. The Kier molecular flexibility index (Phi) is 9.57. The number of ether oxygens (including phenoxy) is 1. The molecule has 202 valence electrons. The minimum atomic E-state index is -3.63. The number of anilines is 1. The van der Waals surface area contributed by atoms with Crippen LogP contribution in [0.4, 0.5) is 10.5 Å². The Bertz CT molecular complexity index is 1200. The second kappa shape index (κ2) is 12.6. The zero-order valence-corrected chi connectivity index (χ0v) is 22.4. The molecule has 0 aliphatic carbocycles. The summed E-state index contributed by atoms with van der Waals surface area (Å²) in [6, 6.07) is 21.4. The summed E-state index contributed by atoms with van der Waals surface area (Å²) >= 11 is 0. The number of rotatable bonds is 10. The monoisotopic (exact) mass is 529 g/mol. The molecule has 0 spiro atoms. The molecule has 3 rings (SSSR count). The standard InChI is InChI=1S/C28H35N3O5S.2H2/c1-20(2)19-31(23-14-16-24(36-4)17-15-23)27(32)25(18-22-11-6-5-7-12-22)29-28(33)30-37(34,35)26-13-9-8-10-21(26)3;;/h5-17,20,25,34-35H,18-19H2,1-4H3,(H2,29,30,33);2*1H/t25-;;/m0../s1. The maximum absolute atomic E-state index is 13.9. The molecule has 0 aromatic heterocycles. The fourth-order valence-electron chi connectivity index (χ4n) is 3.94. The second-order valence-electron chi connectivity index (χ2n) is 9.17. The highest BCUT2D eigenvalue weighted by atomic mass is 32.3. The van der Waals surface area contributed by atoms with Crippen molar-refractivity contribution >= 4 is 28.4 Å². The first kappa shape index (κ1) is 28.0. The number of amides is 3. The highest BCUT2D eigenvalue weighted by Gasteiger charge is 2.30. The van der Waals surface area contributed by atoms with E-state index in [1.165, 1.54) is 0 Å². The number of benzene rings is 3. The van der Waals surface area contributed by atoms with Crippen molar-refractivity contribution in [2.45, 2.75) is 38.1 Å². The quantitative estimate of drug-likeness (QED) is 0.253. The van der Waals surface area contributed by atoms with Crippen molar-refractivity contribution in [3.63, 3.8) is 0 Å². The Morgan fingerprint density at radius 3 is 2.19 bits per heavy atom. The number of nitrogens with one attached hydrogen (secondary N) is 2. The van der Waals surface area contributed by atoms with Crippen LogP contribution in [-0.2, 0) is 11.2 Å². The molecule has 3 aromatic rings. The summed E-state index contributed by atoms with van der Waals surface area (Å²) in [5.41, 5.74) is 2.15. The van der Waals surface area contributed by atoms with E-state index in [0.29, 0.717) is 23.5 Å². The van der Waals surface area contributed by atoms with Crippen LogP contribution in [0.5, 0.6) is 5.75 Å². The summed E-state index contributed by atoms with van der Waals surface area (Å²) in [6.45, 7) is 6.17. The molecule has 0 aliphatic heterocycles. The topological polar surface area (TPSA) is 111 Å². The second-order valence-corrected chi connectivity index (χ2v) is 10.9. The van der Waals surface area contributed by atoms with Crippen LogP contribution in [0.2, 0.25) is 0 Å². The van der Waals surface area contributed by atoms with Crippen LogP contribution in [0, 0.1) is 12.8 Å². The third kappa shape index (κ3) is 7.72. The lowest BCUT2D eigenvalue weighted by Gasteiger charge is -2.35. The molecule has 0 saturated heterocycles. The average Bonchev–Trinajstić information content (AvgIpc) is 2.87. The zero-order valence-electron chi connectivity index (χ0n) is 21.5. The molecule has 0 heterocycles. The van der Waals surface area contributed by atoms with Gasteiger partial charge in [-0.15, -0.1) is 0 Å². The van der Waals surface area contributed by atoms with Crippen molar-refractivity contribution in [2.75, 3.05) is 18.6 Å². The van der Waals surface area contributed by atoms with E-state index in [2.05, 4.69) is 10.0 Å². The molecule has 0 saturated carbocycles. The molecule has 0 bridgehead atoms. The van der Waals surface area contributed by atoms with Crippen LogP contribution >= 0.6 is 10.8 Å². The van der Waals surface area contributed by atoms with Crippen molar-refractivity contribution in [1.82, 2.24) is 10.0 Å². The van der Waals surface area contributed by atoms with Gasteiger partial charge in [-0.1, -0.05) is 73.2 Å². The number of hydrogen-bond donors (Lipinski definition) is 4. The smallest absolute Gasteiger partial charge is 0.334 e. The van der Waals surface area contributed by atoms with E-state index in [-0.39, 0.29) is 26.0 Å². The van der Waals surface area contributed by atoms with E-state index in [1.54, 1.807) is 67.5 Å². The summed E-state index contributed by atoms with van der Waals surface area (Å²) in [4.78, 5) is 28.8. The summed E-state index contributed by atoms with van der Waals surface area (Å²) in [6.07, 6.45) is 0.224. The van der Waals surface area contributed by atoms with Crippen molar-refractivity contribution in [1.29, 1.82) is 0 Å². The molecule has 1 atom stereocenters. The van der Waals surface area contributed by atoms with Gasteiger partial charge in [0.05, 0.1) is 12.0 Å². The molecule has 0 fully saturated rings. The minimum Gasteiger partial charge on any atom is -0.497 e. The molecule has 3 amide bonds. The molecule has 37 heavy (non-hydrogen) atoms. The van der Waals surface area contributed by atoms with Gasteiger partial charge >= 0.3 is 6.03 Å². The van der Waals surface area contributed by atoms with E-state index >= 15 is 0 Å². The van der Waals surface area contributed by atoms with Crippen molar-refractivity contribution in [3.8, 4) is 5.75 Å². The largest absolute Gasteiger partial charge is 0.497 e. The number of carbonyl (C=O) groups is 2. The van der Waals surface area contributed by atoms with E-state index in [9.17, 15) is 18.7 Å². The van der Waals surface area contributed by atoms with Crippen molar-refractivity contribution in [3.05, 3.63) is 90.0 Å². The fraction of sp³-hybridized carbons (Fsp3) is 0.286. The third-order valence-corrected chi connectivity index (χ3v) is 7.26. The van der Waals surface area contributed by atoms with Gasteiger partial charge in [0.25, 0.3) is 0 Å². The number of nitrogens with zero attached hydrogens (tertiary/aromatic N) is 1. The first-order valence-corrected chi connectivity index (χ1v) is 13.6. The molecule has 3 aromatic carbocycles. The van der Waals surface area contributed by atoms with Crippen LogP contribution in [0.15, 0.2) is 83.8 Å². The Morgan fingerprint density at radius 2 is 1.59 bits per heavy atom. The maximum atomic E-state index is 13.9. The summed E-state index contributed by atoms with van der Waals surface area (Å²) in [5, 5.41) is 2.69. The normalized spacial score (nSPS) is 12.5. The van der Waals surface area contributed by atoms with Crippen molar-refractivity contribution in [2.24, 2.45) is 5.92 Å². The Morgan fingerprint density at radius 1 is 0.973 bits per heavy atom. The highest BCUT2D eigenvalue weighted by Crippen LogP contribution is 2.45. The van der Waals surface area contributed by atoms with Gasteiger partial charge in [0.2, 0.25) is 5.91 Å². The van der Waals surface area contributed by atoms with E-state index in [4.69, 9.17) is 4.74 Å². The van der Waals surface area contributed by atoms with Crippen molar-refractivity contribution < 1.29 is 26.3 Å². The first-order valence-electron chi connectivity index (χ1n) is 12.0. The van der Waals surface area contributed by atoms with E-state index in [0.717, 1.165) is 5.56 Å². The first-order chi connectivity index (χ1) is 17.6. The van der Waals surface area contributed by atoms with Gasteiger partial charge in [0.1, 0.15) is 11.8 Å². The number of urea groups is 1. The average molecular weight is 530 g/mol. The lowest BCUT2D eigenvalue weighted by atomic mass is 10.0. The Balaban J connectivity index is 0.00000380. The SMILES string of the molecule is COc1ccc(N(CC(C)C)C(=O)[C@H](Cc2ccccc2)NC(=O)NS(O)(O)c2ccccc2C)cc1.[HH].[HH]. The van der Waals surface area contributed by atoms with Gasteiger partial charge in [-0.2, -0.15) is 0 Å². The summed E-state index contributed by atoms with van der Waals surface area (Å²) in [7, 11) is -2.06. The Labute approximate surface area is 223 Å². The molecular weight excluding hydrogens is 490 g/mol. The van der Waals surface area contributed by atoms with Gasteiger partial charge in [-0.25, -0.2) is 9.52 Å². The number of hydrogen-bond acceptors (Lipinski definition) is 5.